The number of aryl methyl sites for hydroxylation is 1. The number of hydrogen-bond acceptors (Lipinski definition) is 6. The Morgan fingerprint density at radius 2 is 1.78 bits per heavy atom. The first-order valence-electron chi connectivity index (χ1n) is 12.6. The number of piperidine rings is 1. The smallest absolute Gasteiger partial charge is 0.343 e. The lowest BCUT2D eigenvalue weighted by Gasteiger charge is -2.32. The molecule has 0 unspecified atom stereocenters. The van der Waals surface area contributed by atoms with E-state index in [1.165, 1.54) is 6.33 Å². The fourth-order valence-corrected chi connectivity index (χ4v) is 5.12. The average Bonchev–Trinajstić information content (AvgIpc) is 3.54. The zero-order valence-corrected chi connectivity index (χ0v) is 20.5. The maximum absolute atomic E-state index is 13.4. The molecule has 3 aromatic heterocycles. The van der Waals surface area contributed by atoms with E-state index < -0.39 is 0 Å². The molecule has 6 rings (SSSR count). The van der Waals surface area contributed by atoms with Crippen LogP contribution in [0, 0.1) is 0 Å². The average molecular weight is 494 g/mol. The first-order valence-corrected chi connectivity index (χ1v) is 12.6. The summed E-state index contributed by atoms with van der Waals surface area (Å²) in [7, 11) is 0. The highest BCUT2D eigenvalue weighted by atomic mass is 16.2. The fraction of sp³-hybridized carbons (Fsp3) is 0.250. The number of rotatable bonds is 6. The number of aromatic amines is 1. The molecule has 0 aliphatic carbocycles. The summed E-state index contributed by atoms with van der Waals surface area (Å²) in [5.41, 5.74) is 2.75. The van der Waals surface area contributed by atoms with Crippen molar-refractivity contribution in [1.29, 1.82) is 0 Å². The minimum Gasteiger partial charge on any atom is -0.356 e. The number of carbonyl (C=O) groups is 1. The molecule has 0 spiro atoms. The van der Waals surface area contributed by atoms with E-state index in [2.05, 4.69) is 36.4 Å². The van der Waals surface area contributed by atoms with Gasteiger partial charge in [0.2, 0.25) is 5.78 Å². The third-order valence-corrected chi connectivity index (χ3v) is 7.08. The number of benzene rings is 2. The summed E-state index contributed by atoms with van der Waals surface area (Å²) in [6.45, 7) is 4.24. The third-order valence-electron chi connectivity index (χ3n) is 7.08. The standard InChI is InChI=1S/C28H27N7O2/c1-2-33-17-22(21-10-6-7-11-24(21)33)26(36)23-16-25(30-18-29-23)34-14-12-20(13-15-34)35-28(37)31-27(32-35)19-8-4-3-5-9-19/h3-11,16-18,20H,2,12-15H2,1H3,(H,31,32,37). The molecule has 0 saturated carbocycles. The fourth-order valence-electron chi connectivity index (χ4n) is 5.12. The summed E-state index contributed by atoms with van der Waals surface area (Å²) in [5, 5.41) is 5.49. The Labute approximate surface area is 213 Å². The van der Waals surface area contributed by atoms with Crippen LogP contribution in [0.15, 0.2) is 78.0 Å². The summed E-state index contributed by atoms with van der Waals surface area (Å²) < 4.78 is 3.65. The van der Waals surface area contributed by atoms with E-state index >= 15 is 0 Å². The first-order chi connectivity index (χ1) is 18.1. The van der Waals surface area contributed by atoms with Gasteiger partial charge in [0.25, 0.3) is 0 Å². The normalized spacial score (nSPS) is 14.4. The van der Waals surface area contributed by atoms with E-state index in [0.29, 0.717) is 30.2 Å². The van der Waals surface area contributed by atoms with Crippen molar-refractivity contribution in [2.75, 3.05) is 18.0 Å². The van der Waals surface area contributed by atoms with Crippen molar-refractivity contribution < 1.29 is 4.79 Å². The zero-order chi connectivity index (χ0) is 25.4. The third kappa shape index (κ3) is 4.22. The van der Waals surface area contributed by atoms with E-state index in [0.717, 1.165) is 41.7 Å². The van der Waals surface area contributed by atoms with E-state index in [1.54, 1.807) is 10.7 Å². The minimum atomic E-state index is -0.196. The van der Waals surface area contributed by atoms with Gasteiger partial charge in [0.1, 0.15) is 17.8 Å². The predicted octanol–water partition coefficient (Wildman–Crippen LogP) is 4.08. The highest BCUT2D eigenvalue weighted by molar-refractivity contribution is 6.15. The molecule has 1 N–H and O–H groups in total. The lowest BCUT2D eigenvalue weighted by atomic mass is 10.0. The van der Waals surface area contributed by atoms with Gasteiger partial charge < -0.3 is 9.47 Å². The second kappa shape index (κ2) is 9.50. The van der Waals surface area contributed by atoms with Crippen LogP contribution in [-0.2, 0) is 6.54 Å². The highest BCUT2D eigenvalue weighted by Gasteiger charge is 2.25. The summed E-state index contributed by atoms with van der Waals surface area (Å²) in [4.78, 5) is 39.8. The van der Waals surface area contributed by atoms with Gasteiger partial charge in [-0.2, -0.15) is 0 Å². The van der Waals surface area contributed by atoms with Gasteiger partial charge in [-0.1, -0.05) is 48.5 Å². The number of nitrogens with one attached hydrogen (secondary N) is 1. The molecular weight excluding hydrogens is 466 g/mol. The second-order valence-electron chi connectivity index (χ2n) is 9.24. The molecule has 0 bridgehead atoms. The van der Waals surface area contributed by atoms with Crippen molar-refractivity contribution in [2.24, 2.45) is 0 Å². The number of fused-ring (bicyclic) bond motifs is 1. The van der Waals surface area contributed by atoms with Crippen LogP contribution in [0.4, 0.5) is 5.82 Å². The zero-order valence-electron chi connectivity index (χ0n) is 20.5. The van der Waals surface area contributed by atoms with Gasteiger partial charge in [0.05, 0.1) is 6.04 Å². The number of anilines is 1. The summed E-state index contributed by atoms with van der Waals surface area (Å²) in [6, 6.07) is 19.3. The lowest BCUT2D eigenvalue weighted by molar-refractivity contribution is 0.103. The maximum atomic E-state index is 13.4. The Balaban J connectivity index is 1.19. The molecule has 0 atom stereocenters. The largest absolute Gasteiger partial charge is 0.356 e. The number of carbonyl (C=O) groups excluding carboxylic acids is 1. The van der Waals surface area contributed by atoms with Crippen LogP contribution >= 0.6 is 0 Å². The second-order valence-corrected chi connectivity index (χ2v) is 9.24. The number of H-pyrrole nitrogens is 1. The van der Waals surface area contributed by atoms with Gasteiger partial charge in [-0.3, -0.25) is 9.78 Å². The van der Waals surface area contributed by atoms with Gasteiger partial charge in [-0.15, -0.1) is 5.10 Å². The van der Waals surface area contributed by atoms with Crippen molar-refractivity contribution in [2.45, 2.75) is 32.4 Å². The molecule has 1 aliphatic heterocycles. The van der Waals surface area contributed by atoms with Crippen molar-refractivity contribution in [3.8, 4) is 11.4 Å². The van der Waals surface area contributed by atoms with Crippen LogP contribution < -0.4 is 10.6 Å². The maximum Gasteiger partial charge on any atom is 0.343 e. The van der Waals surface area contributed by atoms with Crippen molar-refractivity contribution >= 4 is 22.5 Å². The van der Waals surface area contributed by atoms with Crippen molar-refractivity contribution in [1.82, 2.24) is 29.3 Å². The predicted molar refractivity (Wildman–Crippen MR) is 142 cm³/mol. The molecule has 0 amide bonds. The SMILES string of the molecule is CCn1cc(C(=O)c2cc(N3CCC(n4nc(-c5ccccc5)[nH]c4=O)CC3)ncn2)c2ccccc21. The highest BCUT2D eigenvalue weighted by Crippen LogP contribution is 2.27. The van der Waals surface area contributed by atoms with Crippen LogP contribution in [0.5, 0.6) is 0 Å². The summed E-state index contributed by atoms with van der Waals surface area (Å²) in [6.07, 6.45) is 4.86. The number of aromatic nitrogens is 6. The molecule has 186 valence electrons. The van der Waals surface area contributed by atoms with Crippen LogP contribution in [0.3, 0.4) is 0 Å². The Bertz CT molecular complexity index is 1630. The van der Waals surface area contributed by atoms with Crippen LogP contribution in [0.2, 0.25) is 0 Å². The molecule has 1 aliphatic rings. The number of hydrogen-bond donors (Lipinski definition) is 1. The Kier molecular flexibility index (Phi) is 5.88. The quantitative estimate of drug-likeness (QED) is 0.358. The van der Waals surface area contributed by atoms with Gasteiger partial charge >= 0.3 is 5.69 Å². The Hall–Kier alpha value is -4.53. The minimum absolute atomic E-state index is 0.000532. The Morgan fingerprint density at radius 3 is 2.57 bits per heavy atom. The van der Waals surface area contributed by atoms with E-state index in [1.807, 2.05) is 60.8 Å². The molecule has 1 saturated heterocycles. The van der Waals surface area contributed by atoms with E-state index in [4.69, 9.17) is 0 Å². The molecule has 9 nitrogen and oxygen atoms in total. The molecule has 9 heteroatoms. The molecule has 4 heterocycles. The lowest BCUT2D eigenvalue weighted by Crippen LogP contribution is -2.38. The molecule has 0 radical (unpaired) electrons. The number of ketones is 1. The molecule has 1 fully saturated rings. The topological polar surface area (TPSA) is 102 Å². The van der Waals surface area contributed by atoms with Crippen LogP contribution in [-0.4, -0.2) is 48.2 Å². The monoisotopic (exact) mass is 493 g/mol. The summed E-state index contributed by atoms with van der Waals surface area (Å²) in [5.74, 6) is 1.19. The molecular formula is C28H27N7O2. The Morgan fingerprint density at radius 1 is 1.03 bits per heavy atom. The van der Waals surface area contributed by atoms with Gasteiger partial charge in [-0.05, 0) is 25.8 Å². The van der Waals surface area contributed by atoms with Crippen LogP contribution in [0.25, 0.3) is 22.3 Å². The molecule has 37 heavy (non-hydrogen) atoms. The number of nitrogens with zero attached hydrogens (tertiary/aromatic N) is 6. The van der Waals surface area contributed by atoms with Gasteiger partial charge in [0.15, 0.2) is 5.82 Å². The first kappa shape index (κ1) is 22.9. The number of para-hydroxylation sites is 1. The molecule has 2 aromatic carbocycles. The van der Waals surface area contributed by atoms with E-state index in [-0.39, 0.29) is 17.5 Å². The van der Waals surface area contributed by atoms with E-state index in [9.17, 15) is 9.59 Å². The molecule has 5 aromatic rings. The van der Waals surface area contributed by atoms with Crippen molar-refractivity contribution in [3.63, 3.8) is 0 Å². The van der Waals surface area contributed by atoms with Gasteiger partial charge in [-0.25, -0.2) is 19.4 Å². The summed E-state index contributed by atoms with van der Waals surface area (Å²) >= 11 is 0. The van der Waals surface area contributed by atoms with Gasteiger partial charge in [0, 0.05) is 53.9 Å². The van der Waals surface area contributed by atoms with Crippen molar-refractivity contribution in [3.05, 3.63) is 94.9 Å². The van der Waals surface area contributed by atoms with Crippen LogP contribution in [0.1, 0.15) is 41.9 Å².